The van der Waals surface area contributed by atoms with E-state index < -0.39 is 0 Å². The molecule has 0 amide bonds. The molecule has 0 bridgehead atoms. The molecule has 0 radical (unpaired) electrons. The van der Waals surface area contributed by atoms with Gasteiger partial charge in [-0.2, -0.15) is 0 Å². The Kier molecular flexibility index (Phi) is 4.10. The smallest absolute Gasteiger partial charge is 0.333 e. The molecule has 0 unspecified atom stereocenters. The normalized spacial score (nSPS) is 29.2. The molecule has 0 aromatic heterocycles. The standard InChI is InChI=1S/C12H21NO3/c1-6-15-11(14)8(2)7-10-9(3)16-12(4,5)13-10/h7,9-10,13H,6H2,1-5H3/b8-7-/t9-,10-/m1/s1. The van der Waals surface area contributed by atoms with Crippen molar-refractivity contribution >= 4 is 5.97 Å². The zero-order chi connectivity index (χ0) is 12.3. The molecule has 0 aromatic carbocycles. The van der Waals surface area contributed by atoms with E-state index in [4.69, 9.17) is 9.47 Å². The predicted octanol–water partition coefficient (Wildman–Crippen LogP) is 1.61. The van der Waals surface area contributed by atoms with E-state index in [-0.39, 0.29) is 23.8 Å². The third-order valence-corrected chi connectivity index (χ3v) is 2.53. The van der Waals surface area contributed by atoms with Gasteiger partial charge in [0.2, 0.25) is 0 Å². The molecule has 0 aromatic rings. The Hall–Kier alpha value is -0.870. The summed E-state index contributed by atoms with van der Waals surface area (Å²) < 4.78 is 10.6. The number of ether oxygens (including phenoxy) is 2. The predicted molar refractivity (Wildman–Crippen MR) is 61.9 cm³/mol. The maximum Gasteiger partial charge on any atom is 0.333 e. The summed E-state index contributed by atoms with van der Waals surface area (Å²) in [6.45, 7) is 9.89. The Morgan fingerprint density at radius 1 is 1.56 bits per heavy atom. The first kappa shape index (κ1) is 13.2. The van der Waals surface area contributed by atoms with Gasteiger partial charge in [0.25, 0.3) is 0 Å². The van der Waals surface area contributed by atoms with Gasteiger partial charge in [-0.05, 0) is 34.6 Å². The molecule has 4 nitrogen and oxygen atoms in total. The molecule has 4 heteroatoms. The monoisotopic (exact) mass is 227 g/mol. The minimum absolute atomic E-state index is 0.0550. The van der Waals surface area contributed by atoms with E-state index in [0.717, 1.165) is 0 Å². The van der Waals surface area contributed by atoms with Crippen molar-refractivity contribution in [3.05, 3.63) is 11.6 Å². The lowest BCUT2D eigenvalue weighted by Gasteiger charge is -2.17. The average molecular weight is 227 g/mol. The van der Waals surface area contributed by atoms with Gasteiger partial charge >= 0.3 is 5.97 Å². The third-order valence-electron chi connectivity index (χ3n) is 2.53. The summed E-state index contributed by atoms with van der Waals surface area (Å²) in [5.74, 6) is -0.263. The van der Waals surface area contributed by atoms with Crippen LogP contribution in [0.5, 0.6) is 0 Å². The number of carbonyl (C=O) groups is 1. The van der Waals surface area contributed by atoms with Crippen LogP contribution in [0.3, 0.4) is 0 Å². The van der Waals surface area contributed by atoms with Gasteiger partial charge in [0, 0.05) is 5.57 Å². The summed E-state index contributed by atoms with van der Waals surface area (Å²) in [6.07, 6.45) is 1.93. The minimum atomic E-state index is -0.338. The molecule has 1 saturated heterocycles. The van der Waals surface area contributed by atoms with Crippen molar-refractivity contribution in [3.63, 3.8) is 0 Å². The lowest BCUT2D eigenvalue weighted by molar-refractivity contribution is -0.138. The topological polar surface area (TPSA) is 47.6 Å². The highest BCUT2D eigenvalue weighted by Crippen LogP contribution is 2.22. The maximum atomic E-state index is 11.4. The average Bonchev–Trinajstić information content (AvgIpc) is 2.40. The summed E-state index contributed by atoms with van der Waals surface area (Å²) in [5.41, 5.74) is 0.280. The summed E-state index contributed by atoms with van der Waals surface area (Å²) >= 11 is 0. The van der Waals surface area contributed by atoms with Crippen molar-refractivity contribution in [1.82, 2.24) is 5.32 Å². The number of hydrogen-bond acceptors (Lipinski definition) is 4. The van der Waals surface area contributed by atoms with Gasteiger partial charge in [-0.15, -0.1) is 0 Å². The minimum Gasteiger partial charge on any atom is -0.463 e. The van der Waals surface area contributed by atoms with E-state index in [1.54, 1.807) is 13.8 Å². The van der Waals surface area contributed by atoms with E-state index >= 15 is 0 Å². The number of carbonyl (C=O) groups excluding carboxylic acids is 1. The maximum absolute atomic E-state index is 11.4. The van der Waals surface area contributed by atoms with Crippen LogP contribution in [0.2, 0.25) is 0 Å². The van der Waals surface area contributed by atoms with Gasteiger partial charge in [0.1, 0.15) is 5.72 Å². The van der Waals surface area contributed by atoms with E-state index in [2.05, 4.69) is 5.32 Å². The molecule has 1 aliphatic rings. The summed E-state index contributed by atoms with van der Waals surface area (Å²) in [4.78, 5) is 11.4. The van der Waals surface area contributed by atoms with E-state index in [1.807, 2.05) is 26.8 Å². The largest absolute Gasteiger partial charge is 0.463 e. The van der Waals surface area contributed by atoms with Crippen molar-refractivity contribution in [2.24, 2.45) is 0 Å². The first-order valence-corrected chi connectivity index (χ1v) is 5.67. The van der Waals surface area contributed by atoms with Gasteiger partial charge in [-0.1, -0.05) is 6.08 Å². The Bertz CT molecular complexity index is 297. The number of nitrogens with one attached hydrogen (secondary N) is 1. The molecule has 2 atom stereocenters. The molecule has 1 N–H and O–H groups in total. The Labute approximate surface area is 97.0 Å². The van der Waals surface area contributed by atoms with Crippen molar-refractivity contribution < 1.29 is 14.3 Å². The zero-order valence-corrected chi connectivity index (χ0v) is 10.7. The van der Waals surface area contributed by atoms with E-state index in [1.165, 1.54) is 0 Å². The Morgan fingerprint density at radius 2 is 2.19 bits per heavy atom. The highest BCUT2D eigenvalue weighted by Gasteiger charge is 2.35. The summed E-state index contributed by atoms with van der Waals surface area (Å²) in [6, 6.07) is 0.0550. The highest BCUT2D eigenvalue weighted by atomic mass is 16.5. The molecule has 1 rings (SSSR count). The molecule has 92 valence electrons. The molecule has 16 heavy (non-hydrogen) atoms. The summed E-state index contributed by atoms with van der Waals surface area (Å²) in [7, 11) is 0. The highest BCUT2D eigenvalue weighted by molar-refractivity contribution is 5.87. The fraction of sp³-hybridized carbons (Fsp3) is 0.750. The van der Waals surface area contributed by atoms with Crippen LogP contribution >= 0.6 is 0 Å². The van der Waals surface area contributed by atoms with E-state index in [0.29, 0.717) is 12.2 Å². The number of rotatable bonds is 3. The van der Waals surface area contributed by atoms with Crippen LogP contribution in [0.4, 0.5) is 0 Å². The van der Waals surface area contributed by atoms with Crippen LogP contribution in [-0.2, 0) is 14.3 Å². The number of esters is 1. The van der Waals surface area contributed by atoms with E-state index in [9.17, 15) is 4.79 Å². The van der Waals surface area contributed by atoms with Gasteiger partial charge in [0.15, 0.2) is 0 Å². The molecule has 1 fully saturated rings. The van der Waals surface area contributed by atoms with Crippen molar-refractivity contribution in [2.75, 3.05) is 6.61 Å². The lowest BCUT2D eigenvalue weighted by atomic mass is 10.1. The van der Waals surface area contributed by atoms with Crippen LogP contribution < -0.4 is 5.32 Å². The second kappa shape index (κ2) is 4.97. The zero-order valence-electron chi connectivity index (χ0n) is 10.7. The quantitative estimate of drug-likeness (QED) is 0.588. The third kappa shape index (κ3) is 3.32. The Balaban J connectivity index is 2.66. The first-order chi connectivity index (χ1) is 7.35. The molecular formula is C12H21NO3. The van der Waals surface area contributed by atoms with Crippen molar-refractivity contribution in [3.8, 4) is 0 Å². The second-order valence-electron chi connectivity index (χ2n) is 4.57. The van der Waals surface area contributed by atoms with Crippen LogP contribution in [-0.4, -0.2) is 30.4 Å². The lowest BCUT2D eigenvalue weighted by Crippen LogP contribution is -2.38. The summed E-state index contributed by atoms with van der Waals surface area (Å²) in [5, 5.41) is 3.30. The van der Waals surface area contributed by atoms with Crippen molar-refractivity contribution in [1.29, 1.82) is 0 Å². The molecular weight excluding hydrogens is 206 g/mol. The van der Waals surface area contributed by atoms with Gasteiger partial charge < -0.3 is 9.47 Å². The molecule has 0 spiro atoms. The second-order valence-corrected chi connectivity index (χ2v) is 4.57. The fourth-order valence-electron chi connectivity index (χ4n) is 1.85. The first-order valence-electron chi connectivity index (χ1n) is 5.67. The van der Waals surface area contributed by atoms with Gasteiger partial charge in [-0.25, -0.2) is 4.79 Å². The van der Waals surface area contributed by atoms with Crippen LogP contribution in [0, 0.1) is 0 Å². The molecule has 0 aliphatic carbocycles. The Morgan fingerprint density at radius 3 is 2.62 bits per heavy atom. The van der Waals surface area contributed by atoms with Gasteiger partial charge in [-0.3, -0.25) is 5.32 Å². The van der Waals surface area contributed by atoms with Crippen molar-refractivity contribution in [2.45, 2.75) is 52.5 Å². The van der Waals surface area contributed by atoms with Gasteiger partial charge in [0.05, 0.1) is 18.8 Å². The van der Waals surface area contributed by atoms with Crippen LogP contribution in [0.1, 0.15) is 34.6 Å². The fourth-order valence-corrected chi connectivity index (χ4v) is 1.85. The molecule has 1 heterocycles. The molecule has 0 saturated carbocycles. The van der Waals surface area contributed by atoms with Crippen LogP contribution in [0.25, 0.3) is 0 Å². The number of hydrogen-bond donors (Lipinski definition) is 1. The van der Waals surface area contributed by atoms with Crippen LogP contribution in [0.15, 0.2) is 11.6 Å². The SMILES string of the molecule is CCOC(=O)/C(C)=C\[C@H]1NC(C)(C)O[C@@H]1C. The molecule has 1 aliphatic heterocycles.